The third kappa shape index (κ3) is 5.68. The quantitative estimate of drug-likeness (QED) is 0.449. The van der Waals surface area contributed by atoms with E-state index in [1.165, 1.54) is 7.11 Å². The van der Waals surface area contributed by atoms with Gasteiger partial charge in [-0.3, -0.25) is 4.79 Å². The monoisotopic (exact) mass is 357 g/mol. The summed E-state index contributed by atoms with van der Waals surface area (Å²) < 4.78 is 4.87. The molecule has 0 radical (unpaired) electrons. The van der Waals surface area contributed by atoms with Gasteiger partial charge in [-0.05, 0) is 35.2 Å². The molecule has 1 unspecified atom stereocenters. The van der Waals surface area contributed by atoms with Crippen LogP contribution in [0.5, 0.6) is 0 Å². The van der Waals surface area contributed by atoms with Crippen LogP contribution in [0, 0.1) is 0 Å². The first-order valence-corrected chi connectivity index (χ1v) is 9.48. The molecule has 0 heterocycles. The number of ether oxygens (including phenoxy) is 1. The fourth-order valence-corrected chi connectivity index (χ4v) is 3.65. The minimum atomic E-state index is -0.381. The topological polar surface area (TPSA) is 55.4 Å². The fourth-order valence-electron chi connectivity index (χ4n) is 2.43. The molecule has 4 nitrogen and oxygen atoms in total. The molecule has 0 aliphatic rings. The van der Waals surface area contributed by atoms with Gasteiger partial charge in [0.15, 0.2) is 0 Å². The van der Waals surface area contributed by atoms with Crippen LogP contribution in [-0.2, 0) is 4.74 Å². The maximum absolute atomic E-state index is 12.3. The standard InChI is InChI=1S/C20H24NO3P/c1-3-4-8-13-21-19(22)15-11-12-17(20(23)24-2)18(14-15)25-16-9-6-5-7-10-16/h5-7,9-12,14,25H,3-4,8,13H2,1-2H3,(H,21,22). The molecule has 0 aromatic heterocycles. The molecule has 0 spiro atoms. The zero-order chi connectivity index (χ0) is 18.1. The molecular weight excluding hydrogens is 333 g/mol. The molecule has 132 valence electrons. The van der Waals surface area contributed by atoms with E-state index in [2.05, 4.69) is 12.2 Å². The van der Waals surface area contributed by atoms with Gasteiger partial charge in [-0.15, -0.1) is 0 Å². The van der Waals surface area contributed by atoms with Crippen molar-refractivity contribution in [2.75, 3.05) is 13.7 Å². The van der Waals surface area contributed by atoms with Crippen molar-refractivity contribution in [2.24, 2.45) is 0 Å². The third-order valence-corrected chi connectivity index (χ3v) is 5.11. The Kier molecular flexibility index (Phi) is 7.62. The summed E-state index contributed by atoms with van der Waals surface area (Å²) in [5.41, 5.74) is 1.08. The van der Waals surface area contributed by atoms with Crippen molar-refractivity contribution < 1.29 is 14.3 Å². The number of benzene rings is 2. The lowest BCUT2D eigenvalue weighted by molar-refractivity contribution is 0.0602. The fraction of sp³-hybridized carbons (Fsp3) is 0.300. The number of amides is 1. The van der Waals surface area contributed by atoms with E-state index in [9.17, 15) is 9.59 Å². The minimum absolute atomic E-state index is 0.105. The highest BCUT2D eigenvalue weighted by molar-refractivity contribution is 7.55. The van der Waals surface area contributed by atoms with Crippen molar-refractivity contribution in [3.8, 4) is 0 Å². The van der Waals surface area contributed by atoms with E-state index in [0.717, 1.165) is 29.9 Å². The van der Waals surface area contributed by atoms with E-state index >= 15 is 0 Å². The largest absolute Gasteiger partial charge is 0.465 e. The van der Waals surface area contributed by atoms with Gasteiger partial charge in [-0.25, -0.2) is 4.79 Å². The van der Waals surface area contributed by atoms with Gasteiger partial charge in [-0.2, -0.15) is 0 Å². The van der Waals surface area contributed by atoms with Crippen LogP contribution < -0.4 is 15.9 Å². The van der Waals surface area contributed by atoms with Crippen LogP contribution in [0.1, 0.15) is 46.9 Å². The van der Waals surface area contributed by atoms with E-state index in [0.29, 0.717) is 17.7 Å². The Balaban J connectivity index is 2.21. The van der Waals surface area contributed by atoms with Gasteiger partial charge < -0.3 is 10.1 Å². The highest BCUT2D eigenvalue weighted by Crippen LogP contribution is 2.16. The smallest absolute Gasteiger partial charge is 0.338 e. The first-order chi connectivity index (χ1) is 12.2. The molecule has 5 heteroatoms. The first kappa shape index (κ1) is 19.1. The van der Waals surface area contributed by atoms with Crippen LogP contribution in [0.3, 0.4) is 0 Å². The molecule has 0 saturated carbocycles. The Morgan fingerprint density at radius 2 is 1.84 bits per heavy atom. The molecule has 0 saturated heterocycles. The van der Waals surface area contributed by atoms with Crippen LogP contribution in [0.4, 0.5) is 0 Å². The maximum Gasteiger partial charge on any atom is 0.338 e. The van der Waals surface area contributed by atoms with E-state index < -0.39 is 0 Å². The number of methoxy groups -OCH3 is 1. The molecule has 0 aliphatic carbocycles. The molecule has 1 N–H and O–H groups in total. The molecule has 2 aromatic rings. The number of carbonyl (C=O) groups excluding carboxylic acids is 2. The van der Waals surface area contributed by atoms with E-state index in [-0.39, 0.29) is 20.5 Å². The zero-order valence-corrected chi connectivity index (χ0v) is 15.7. The SMILES string of the molecule is CCCCCNC(=O)c1ccc(C(=O)OC)c(Pc2ccccc2)c1. The third-order valence-electron chi connectivity index (χ3n) is 3.81. The number of hydrogen-bond acceptors (Lipinski definition) is 3. The lowest BCUT2D eigenvalue weighted by Crippen LogP contribution is -2.26. The van der Waals surface area contributed by atoms with E-state index in [1.54, 1.807) is 18.2 Å². The van der Waals surface area contributed by atoms with Gasteiger partial charge in [0, 0.05) is 12.1 Å². The lowest BCUT2D eigenvalue weighted by Gasteiger charge is -2.11. The van der Waals surface area contributed by atoms with Crippen LogP contribution in [0.25, 0.3) is 0 Å². The predicted octanol–water partition coefficient (Wildman–Crippen LogP) is 3.02. The Morgan fingerprint density at radius 1 is 1.08 bits per heavy atom. The molecule has 1 amide bonds. The van der Waals surface area contributed by atoms with Crippen LogP contribution in [0.2, 0.25) is 0 Å². The first-order valence-electron chi connectivity index (χ1n) is 8.48. The number of unbranched alkanes of at least 4 members (excludes halogenated alkanes) is 2. The summed E-state index contributed by atoms with van der Waals surface area (Å²) in [6.45, 7) is 2.80. The van der Waals surface area contributed by atoms with E-state index in [4.69, 9.17) is 4.74 Å². The summed E-state index contributed by atoms with van der Waals surface area (Å²) >= 11 is 0. The van der Waals surface area contributed by atoms with E-state index in [1.807, 2.05) is 30.3 Å². The predicted molar refractivity (Wildman–Crippen MR) is 104 cm³/mol. The number of carbonyl (C=O) groups is 2. The van der Waals surface area contributed by atoms with Crippen LogP contribution in [0.15, 0.2) is 48.5 Å². The number of rotatable bonds is 8. The zero-order valence-electron chi connectivity index (χ0n) is 14.7. The molecular formula is C20H24NO3P. The van der Waals surface area contributed by atoms with Gasteiger partial charge in [0.2, 0.25) is 0 Å². The van der Waals surface area contributed by atoms with Crippen LogP contribution in [-0.4, -0.2) is 25.5 Å². The Hall–Kier alpha value is -2.19. The van der Waals surface area contributed by atoms with Crippen LogP contribution >= 0.6 is 8.58 Å². The highest BCUT2D eigenvalue weighted by atomic mass is 31.1. The maximum atomic E-state index is 12.3. The Labute approximate surface area is 150 Å². The summed E-state index contributed by atoms with van der Waals surface area (Å²) in [4.78, 5) is 24.4. The van der Waals surface area contributed by atoms with Crippen molar-refractivity contribution in [3.05, 3.63) is 59.7 Å². The lowest BCUT2D eigenvalue weighted by atomic mass is 10.1. The molecule has 0 bridgehead atoms. The second-order valence-corrected chi connectivity index (χ2v) is 7.07. The van der Waals surface area contributed by atoms with Crippen molar-refractivity contribution in [1.82, 2.24) is 5.32 Å². The van der Waals surface area contributed by atoms with Crippen molar-refractivity contribution in [2.45, 2.75) is 26.2 Å². The summed E-state index contributed by atoms with van der Waals surface area (Å²) in [7, 11) is 1.65. The summed E-state index contributed by atoms with van der Waals surface area (Å²) in [5.74, 6) is -0.486. The molecule has 0 aliphatic heterocycles. The molecule has 2 aromatic carbocycles. The average Bonchev–Trinajstić information content (AvgIpc) is 2.65. The molecule has 1 atom stereocenters. The molecule has 0 fully saturated rings. The normalized spacial score (nSPS) is 10.8. The second-order valence-electron chi connectivity index (χ2n) is 5.71. The number of hydrogen-bond donors (Lipinski definition) is 1. The summed E-state index contributed by atoms with van der Waals surface area (Å²) in [5, 5.41) is 4.86. The average molecular weight is 357 g/mol. The second kappa shape index (κ2) is 9.95. The van der Waals surface area contributed by atoms with Crippen molar-refractivity contribution in [3.63, 3.8) is 0 Å². The molecule has 2 rings (SSSR count). The van der Waals surface area contributed by atoms with Crippen molar-refractivity contribution in [1.29, 1.82) is 0 Å². The highest BCUT2D eigenvalue weighted by Gasteiger charge is 2.15. The van der Waals surface area contributed by atoms with Gasteiger partial charge in [0.1, 0.15) is 0 Å². The Bertz CT molecular complexity index is 716. The Morgan fingerprint density at radius 3 is 2.52 bits per heavy atom. The number of esters is 1. The van der Waals surface area contributed by atoms with Crippen molar-refractivity contribution >= 4 is 31.1 Å². The minimum Gasteiger partial charge on any atom is -0.465 e. The van der Waals surface area contributed by atoms with Gasteiger partial charge >= 0.3 is 5.97 Å². The van der Waals surface area contributed by atoms with Gasteiger partial charge in [0.25, 0.3) is 5.91 Å². The summed E-state index contributed by atoms with van der Waals surface area (Å²) in [6.07, 6.45) is 3.19. The molecule has 25 heavy (non-hydrogen) atoms. The van der Waals surface area contributed by atoms with Gasteiger partial charge in [-0.1, -0.05) is 58.7 Å². The summed E-state index contributed by atoms with van der Waals surface area (Å²) in [6, 6.07) is 15.1. The number of nitrogens with one attached hydrogen (secondary N) is 1. The van der Waals surface area contributed by atoms with Gasteiger partial charge in [0.05, 0.1) is 12.7 Å².